The Bertz CT molecular complexity index is 893. The van der Waals surface area contributed by atoms with E-state index in [-0.39, 0.29) is 11.5 Å². The Kier molecular flexibility index (Phi) is 3.31. The smallest absolute Gasteiger partial charge is 0.284 e. The molecule has 2 aromatic heterocycles. The molecule has 5 nitrogen and oxygen atoms in total. The summed E-state index contributed by atoms with van der Waals surface area (Å²) in [5.74, 6) is 0.0981. The molecule has 0 fully saturated rings. The van der Waals surface area contributed by atoms with Crippen molar-refractivity contribution in [2.75, 3.05) is 5.73 Å². The molecule has 2 N–H and O–H groups in total. The fourth-order valence-corrected chi connectivity index (χ4v) is 3.10. The molecule has 0 saturated carbocycles. The molecule has 106 valence electrons. The first kappa shape index (κ1) is 13.5. The highest BCUT2D eigenvalue weighted by molar-refractivity contribution is 7.18. The summed E-state index contributed by atoms with van der Waals surface area (Å²) in [7, 11) is 0. The van der Waals surface area contributed by atoms with Crippen LogP contribution in [0.2, 0.25) is 0 Å². The molecule has 3 aromatic rings. The normalized spacial score (nSPS) is 11.5. The van der Waals surface area contributed by atoms with Crippen molar-refractivity contribution in [3.63, 3.8) is 0 Å². The maximum atomic E-state index is 12.5. The van der Waals surface area contributed by atoms with Crippen molar-refractivity contribution in [3.8, 4) is 0 Å². The van der Waals surface area contributed by atoms with Crippen molar-refractivity contribution in [2.45, 2.75) is 13.8 Å². The zero-order chi connectivity index (χ0) is 15.0. The van der Waals surface area contributed by atoms with Gasteiger partial charge in [0.05, 0.1) is 11.6 Å². The second-order valence-corrected chi connectivity index (χ2v) is 5.91. The van der Waals surface area contributed by atoms with Crippen LogP contribution in [0, 0.1) is 13.8 Å². The van der Waals surface area contributed by atoms with Gasteiger partial charge >= 0.3 is 0 Å². The van der Waals surface area contributed by atoms with E-state index in [0.717, 1.165) is 20.7 Å². The van der Waals surface area contributed by atoms with Crippen LogP contribution in [0.4, 0.5) is 5.95 Å². The van der Waals surface area contributed by atoms with Gasteiger partial charge in [-0.25, -0.2) is 4.98 Å². The minimum absolute atomic E-state index is 0.0981. The third-order valence-corrected chi connectivity index (χ3v) is 4.43. The van der Waals surface area contributed by atoms with Crippen LogP contribution in [0.3, 0.4) is 0 Å². The fraction of sp³-hybridized carbons (Fsp3) is 0.133. The van der Waals surface area contributed by atoms with Crippen LogP contribution in [0.5, 0.6) is 0 Å². The van der Waals surface area contributed by atoms with Gasteiger partial charge in [-0.05, 0) is 25.0 Å². The molecule has 0 unspecified atom stereocenters. The standard InChI is InChI=1S/C15H14N4OS/c1-9-10(2)21-13-12(9)14(20)19(15(16)18-13)17-8-11-6-4-3-5-7-11/h3-8H,1-2H3,(H2,16,18)/b17-8+. The molecule has 21 heavy (non-hydrogen) atoms. The lowest BCUT2D eigenvalue weighted by Crippen LogP contribution is -2.21. The van der Waals surface area contributed by atoms with Gasteiger partial charge in [0, 0.05) is 4.88 Å². The number of aromatic nitrogens is 2. The SMILES string of the molecule is Cc1sc2nc(N)n(/N=C/c3ccccc3)c(=O)c2c1C. The Labute approximate surface area is 125 Å². The molecule has 6 heteroatoms. The topological polar surface area (TPSA) is 73.3 Å². The molecule has 0 aliphatic carbocycles. The van der Waals surface area contributed by atoms with Crippen molar-refractivity contribution in [3.05, 3.63) is 56.7 Å². The van der Waals surface area contributed by atoms with E-state index < -0.39 is 0 Å². The maximum Gasteiger partial charge on any atom is 0.284 e. The molecule has 0 aliphatic rings. The van der Waals surface area contributed by atoms with Crippen LogP contribution in [-0.2, 0) is 0 Å². The highest BCUT2D eigenvalue weighted by Crippen LogP contribution is 2.26. The quantitative estimate of drug-likeness (QED) is 0.739. The van der Waals surface area contributed by atoms with Gasteiger partial charge in [-0.15, -0.1) is 11.3 Å². The number of aryl methyl sites for hydroxylation is 2. The number of nitrogens with zero attached hydrogens (tertiary/aromatic N) is 3. The fourth-order valence-electron chi connectivity index (χ4n) is 2.08. The van der Waals surface area contributed by atoms with Gasteiger partial charge in [0.1, 0.15) is 4.83 Å². The number of nitrogens with two attached hydrogens (primary N) is 1. The minimum Gasteiger partial charge on any atom is -0.368 e. The van der Waals surface area contributed by atoms with Crippen LogP contribution in [0.25, 0.3) is 10.2 Å². The summed E-state index contributed by atoms with van der Waals surface area (Å²) in [6.07, 6.45) is 1.60. The van der Waals surface area contributed by atoms with Crippen molar-refractivity contribution in [1.29, 1.82) is 0 Å². The van der Waals surface area contributed by atoms with Crippen LogP contribution >= 0.6 is 11.3 Å². The van der Waals surface area contributed by atoms with Gasteiger partial charge in [-0.2, -0.15) is 9.78 Å². The molecule has 0 saturated heterocycles. The van der Waals surface area contributed by atoms with Gasteiger partial charge in [0.15, 0.2) is 0 Å². The van der Waals surface area contributed by atoms with Gasteiger partial charge < -0.3 is 5.73 Å². The van der Waals surface area contributed by atoms with E-state index in [1.54, 1.807) is 6.21 Å². The molecular formula is C15H14N4OS. The summed E-state index contributed by atoms with van der Waals surface area (Å²) in [5, 5.41) is 4.77. The Morgan fingerprint density at radius 1 is 1.29 bits per heavy atom. The lowest BCUT2D eigenvalue weighted by molar-refractivity contribution is 0.835. The summed E-state index contributed by atoms with van der Waals surface area (Å²) >= 11 is 1.47. The third kappa shape index (κ3) is 2.34. The largest absolute Gasteiger partial charge is 0.368 e. The van der Waals surface area contributed by atoms with Crippen molar-refractivity contribution in [1.82, 2.24) is 9.66 Å². The average molecular weight is 298 g/mol. The summed E-state index contributed by atoms with van der Waals surface area (Å²) in [6.45, 7) is 3.88. The maximum absolute atomic E-state index is 12.5. The first-order valence-electron chi connectivity index (χ1n) is 6.45. The molecule has 0 atom stereocenters. The number of nitrogen functional groups attached to an aromatic ring is 1. The number of hydrogen-bond donors (Lipinski definition) is 1. The Hall–Kier alpha value is -2.47. The van der Waals surface area contributed by atoms with Gasteiger partial charge in [-0.1, -0.05) is 30.3 Å². The van der Waals surface area contributed by atoms with Gasteiger partial charge in [0.2, 0.25) is 5.95 Å². The summed E-state index contributed by atoms with van der Waals surface area (Å²) in [5.41, 5.74) is 7.46. The van der Waals surface area contributed by atoms with Crippen LogP contribution in [-0.4, -0.2) is 15.9 Å². The highest BCUT2D eigenvalue weighted by Gasteiger charge is 2.14. The van der Waals surface area contributed by atoms with E-state index in [2.05, 4.69) is 10.1 Å². The van der Waals surface area contributed by atoms with Crippen LogP contribution < -0.4 is 11.3 Å². The van der Waals surface area contributed by atoms with Crippen molar-refractivity contribution >= 4 is 33.7 Å². The molecule has 0 spiro atoms. The van der Waals surface area contributed by atoms with E-state index in [1.807, 2.05) is 44.2 Å². The number of rotatable bonds is 2. The molecular weight excluding hydrogens is 284 g/mol. The molecule has 0 radical (unpaired) electrons. The highest BCUT2D eigenvalue weighted by atomic mass is 32.1. The lowest BCUT2D eigenvalue weighted by atomic mass is 10.2. The molecule has 3 rings (SSSR count). The number of fused-ring (bicyclic) bond motifs is 1. The molecule has 2 heterocycles. The van der Waals surface area contributed by atoms with E-state index in [1.165, 1.54) is 11.3 Å². The Balaban J connectivity index is 2.17. The number of hydrogen-bond acceptors (Lipinski definition) is 5. The van der Waals surface area contributed by atoms with E-state index in [4.69, 9.17) is 5.73 Å². The molecule has 1 aromatic carbocycles. The van der Waals surface area contributed by atoms with Crippen LogP contribution in [0.15, 0.2) is 40.2 Å². The average Bonchev–Trinajstić information content (AvgIpc) is 2.74. The number of benzene rings is 1. The lowest BCUT2D eigenvalue weighted by Gasteiger charge is -2.02. The predicted molar refractivity (Wildman–Crippen MR) is 87.2 cm³/mol. The van der Waals surface area contributed by atoms with Crippen molar-refractivity contribution < 1.29 is 0 Å². The Morgan fingerprint density at radius 2 is 2.00 bits per heavy atom. The predicted octanol–water partition coefficient (Wildman–Crippen LogP) is 2.54. The van der Waals surface area contributed by atoms with Crippen molar-refractivity contribution in [2.24, 2.45) is 5.10 Å². The van der Waals surface area contributed by atoms with E-state index in [0.29, 0.717) is 10.2 Å². The van der Waals surface area contributed by atoms with Gasteiger partial charge in [-0.3, -0.25) is 4.79 Å². The van der Waals surface area contributed by atoms with E-state index in [9.17, 15) is 4.79 Å². The Morgan fingerprint density at radius 3 is 2.71 bits per heavy atom. The second-order valence-electron chi connectivity index (χ2n) is 4.71. The third-order valence-electron chi connectivity index (χ3n) is 3.33. The summed E-state index contributed by atoms with van der Waals surface area (Å²) in [6, 6.07) is 9.53. The minimum atomic E-state index is -0.230. The van der Waals surface area contributed by atoms with Gasteiger partial charge in [0.25, 0.3) is 5.56 Å². The second kappa shape index (κ2) is 5.14. The molecule has 0 bridgehead atoms. The summed E-state index contributed by atoms with van der Waals surface area (Å²) in [4.78, 5) is 18.6. The molecule has 0 amide bonds. The first-order valence-corrected chi connectivity index (χ1v) is 7.27. The zero-order valence-electron chi connectivity index (χ0n) is 11.7. The first-order chi connectivity index (χ1) is 10.1. The van der Waals surface area contributed by atoms with Crippen LogP contribution in [0.1, 0.15) is 16.0 Å². The monoisotopic (exact) mass is 298 g/mol. The number of thiophene rings is 1. The van der Waals surface area contributed by atoms with E-state index >= 15 is 0 Å². The summed E-state index contributed by atoms with van der Waals surface area (Å²) < 4.78 is 1.15. The molecule has 0 aliphatic heterocycles. The zero-order valence-corrected chi connectivity index (χ0v) is 12.5. The number of anilines is 1.